The van der Waals surface area contributed by atoms with Crippen LogP contribution in [0.4, 0.5) is 0 Å². The average molecular weight is 406 g/mol. The van der Waals surface area contributed by atoms with Crippen molar-refractivity contribution in [3.8, 4) is 17.1 Å². The van der Waals surface area contributed by atoms with Crippen molar-refractivity contribution in [2.75, 3.05) is 13.2 Å². The van der Waals surface area contributed by atoms with E-state index in [-0.39, 0.29) is 11.9 Å². The topological polar surface area (TPSA) is 90.1 Å². The molecule has 0 spiro atoms. The van der Waals surface area contributed by atoms with Gasteiger partial charge in [0.05, 0.1) is 25.0 Å². The molecule has 3 rings (SSSR count). The summed E-state index contributed by atoms with van der Waals surface area (Å²) in [6.07, 6.45) is 1.42. The fourth-order valence-corrected chi connectivity index (χ4v) is 2.65. The largest absolute Gasteiger partial charge is 0.494 e. The van der Waals surface area contributed by atoms with Gasteiger partial charge in [0, 0.05) is 11.1 Å². The van der Waals surface area contributed by atoms with Gasteiger partial charge in [-0.15, -0.1) is 0 Å². The monoisotopic (exact) mass is 406 g/mol. The number of nitrogens with zero attached hydrogens (tertiary/aromatic N) is 1. The Bertz CT molecular complexity index is 1020. The Kier molecular flexibility index (Phi) is 7.00. The van der Waals surface area contributed by atoms with Crippen molar-refractivity contribution in [1.82, 2.24) is 5.43 Å². The van der Waals surface area contributed by atoms with Crippen LogP contribution in [-0.4, -0.2) is 31.3 Å². The molecule has 1 N–H and O–H groups in total. The SMILES string of the molecule is CCOC(=O)c1ccc(-c2ccc(/C=N\NC(=O)c3ccc(OCC)cc3)o2)cc1. The second kappa shape index (κ2) is 10.1. The predicted octanol–water partition coefficient (Wildman–Crippen LogP) is 4.29. The third-order valence-corrected chi connectivity index (χ3v) is 4.09. The van der Waals surface area contributed by atoms with E-state index in [4.69, 9.17) is 13.9 Å². The molecule has 0 fully saturated rings. The van der Waals surface area contributed by atoms with Gasteiger partial charge < -0.3 is 13.9 Å². The van der Waals surface area contributed by atoms with E-state index in [9.17, 15) is 9.59 Å². The lowest BCUT2D eigenvalue weighted by molar-refractivity contribution is 0.0526. The minimum absolute atomic E-state index is 0.330. The summed E-state index contributed by atoms with van der Waals surface area (Å²) < 4.78 is 16.0. The summed E-state index contributed by atoms with van der Waals surface area (Å²) >= 11 is 0. The van der Waals surface area contributed by atoms with Gasteiger partial charge in [-0.3, -0.25) is 4.79 Å². The number of ether oxygens (including phenoxy) is 2. The number of amides is 1. The molecule has 3 aromatic rings. The number of nitrogens with one attached hydrogen (secondary N) is 1. The summed E-state index contributed by atoms with van der Waals surface area (Å²) in [5, 5.41) is 3.93. The van der Waals surface area contributed by atoms with Crippen LogP contribution in [0.5, 0.6) is 5.75 Å². The highest BCUT2D eigenvalue weighted by atomic mass is 16.5. The molecule has 0 bridgehead atoms. The summed E-state index contributed by atoms with van der Waals surface area (Å²) in [5.41, 5.74) is 4.21. The number of furan rings is 1. The highest BCUT2D eigenvalue weighted by molar-refractivity contribution is 5.94. The van der Waals surface area contributed by atoms with Gasteiger partial charge in [0.1, 0.15) is 17.3 Å². The van der Waals surface area contributed by atoms with Crippen LogP contribution in [0, 0.1) is 0 Å². The van der Waals surface area contributed by atoms with Crippen LogP contribution in [-0.2, 0) is 4.74 Å². The molecule has 0 aliphatic heterocycles. The average Bonchev–Trinajstić information content (AvgIpc) is 3.23. The van der Waals surface area contributed by atoms with E-state index < -0.39 is 0 Å². The van der Waals surface area contributed by atoms with Gasteiger partial charge in [-0.2, -0.15) is 5.10 Å². The van der Waals surface area contributed by atoms with Crippen LogP contribution < -0.4 is 10.2 Å². The molecule has 0 radical (unpaired) electrons. The van der Waals surface area contributed by atoms with E-state index in [0.717, 1.165) is 5.56 Å². The molecule has 0 saturated carbocycles. The second-order valence-electron chi connectivity index (χ2n) is 6.16. The van der Waals surface area contributed by atoms with Gasteiger partial charge in [0.2, 0.25) is 0 Å². The first-order valence-corrected chi connectivity index (χ1v) is 9.54. The number of esters is 1. The van der Waals surface area contributed by atoms with Gasteiger partial charge in [0.15, 0.2) is 0 Å². The van der Waals surface area contributed by atoms with E-state index >= 15 is 0 Å². The van der Waals surface area contributed by atoms with Crippen molar-refractivity contribution in [2.24, 2.45) is 5.10 Å². The molecule has 0 aliphatic rings. The first kappa shape index (κ1) is 20.9. The second-order valence-corrected chi connectivity index (χ2v) is 6.16. The van der Waals surface area contributed by atoms with Crippen molar-refractivity contribution < 1.29 is 23.5 Å². The summed E-state index contributed by atoms with van der Waals surface area (Å²) in [5.74, 6) is 1.10. The number of carbonyl (C=O) groups is 2. The van der Waals surface area contributed by atoms with Gasteiger partial charge in [-0.25, -0.2) is 10.2 Å². The molecule has 0 aliphatic carbocycles. The molecule has 0 atom stereocenters. The number of benzene rings is 2. The van der Waals surface area contributed by atoms with Crippen molar-refractivity contribution in [3.63, 3.8) is 0 Å². The molecule has 0 saturated heterocycles. The first-order chi connectivity index (χ1) is 14.6. The van der Waals surface area contributed by atoms with Crippen LogP contribution in [0.3, 0.4) is 0 Å². The normalized spacial score (nSPS) is 10.7. The lowest BCUT2D eigenvalue weighted by atomic mass is 10.1. The highest BCUT2D eigenvalue weighted by Crippen LogP contribution is 2.22. The first-order valence-electron chi connectivity index (χ1n) is 9.54. The number of carbonyl (C=O) groups excluding carboxylic acids is 2. The van der Waals surface area contributed by atoms with Crippen molar-refractivity contribution in [3.05, 3.63) is 77.6 Å². The third kappa shape index (κ3) is 5.35. The third-order valence-electron chi connectivity index (χ3n) is 4.09. The molecule has 1 heterocycles. The van der Waals surface area contributed by atoms with Crippen molar-refractivity contribution >= 4 is 18.1 Å². The minimum atomic E-state index is -0.361. The number of rotatable bonds is 8. The molecular weight excluding hydrogens is 384 g/mol. The lowest BCUT2D eigenvalue weighted by Crippen LogP contribution is -2.17. The summed E-state index contributed by atoms with van der Waals surface area (Å²) in [6, 6.07) is 17.2. The highest BCUT2D eigenvalue weighted by Gasteiger charge is 2.09. The van der Waals surface area contributed by atoms with E-state index in [0.29, 0.717) is 41.6 Å². The molecule has 7 nitrogen and oxygen atoms in total. The van der Waals surface area contributed by atoms with Gasteiger partial charge in [0.25, 0.3) is 5.91 Å². The van der Waals surface area contributed by atoms with Crippen molar-refractivity contribution in [2.45, 2.75) is 13.8 Å². The number of hydrogen-bond donors (Lipinski definition) is 1. The van der Waals surface area contributed by atoms with E-state index in [1.54, 1.807) is 67.6 Å². The van der Waals surface area contributed by atoms with Crippen LogP contribution in [0.15, 0.2) is 70.2 Å². The van der Waals surface area contributed by atoms with Crippen LogP contribution in [0.1, 0.15) is 40.3 Å². The summed E-state index contributed by atoms with van der Waals surface area (Å²) in [4.78, 5) is 23.8. The minimum Gasteiger partial charge on any atom is -0.494 e. The molecule has 7 heteroatoms. The molecular formula is C23H22N2O5. The Balaban J connectivity index is 1.59. The number of hydrazone groups is 1. The zero-order chi connectivity index (χ0) is 21.3. The van der Waals surface area contributed by atoms with E-state index in [1.807, 2.05) is 6.92 Å². The van der Waals surface area contributed by atoms with Gasteiger partial charge >= 0.3 is 5.97 Å². The maximum Gasteiger partial charge on any atom is 0.338 e. The molecule has 1 amide bonds. The Hall–Kier alpha value is -3.87. The Morgan fingerprint density at radius 3 is 2.30 bits per heavy atom. The van der Waals surface area contributed by atoms with Crippen LogP contribution in [0.25, 0.3) is 11.3 Å². The molecule has 2 aromatic carbocycles. The summed E-state index contributed by atoms with van der Waals surface area (Å²) in [6.45, 7) is 4.56. The predicted molar refractivity (Wildman–Crippen MR) is 113 cm³/mol. The Morgan fingerprint density at radius 2 is 1.63 bits per heavy atom. The zero-order valence-electron chi connectivity index (χ0n) is 16.8. The lowest BCUT2D eigenvalue weighted by Gasteiger charge is -2.03. The fraction of sp³-hybridized carbons (Fsp3) is 0.174. The van der Waals surface area contributed by atoms with E-state index in [2.05, 4.69) is 10.5 Å². The maximum absolute atomic E-state index is 12.1. The maximum atomic E-state index is 12.1. The van der Waals surface area contributed by atoms with Crippen molar-refractivity contribution in [1.29, 1.82) is 0 Å². The van der Waals surface area contributed by atoms with Gasteiger partial charge in [-0.05, 0) is 62.4 Å². The zero-order valence-corrected chi connectivity index (χ0v) is 16.8. The standard InChI is InChI=1S/C23H22N2O5/c1-3-28-19-11-9-17(10-12-19)22(26)25-24-15-20-13-14-21(30-20)16-5-7-18(8-6-16)23(27)29-4-2/h5-15H,3-4H2,1-2H3,(H,25,26)/b24-15-. The number of hydrogen-bond acceptors (Lipinski definition) is 6. The Morgan fingerprint density at radius 1 is 0.933 bits per heavy atom. The van der Waals surface area contributed by atoms with Gasteiger partial charge in [-0.1, -0.05) is 12.1 Å². The fourth-order valence-electron chi connectivity index (χ4n) is 2.65. The molecule has 154 valence electrons. The smallest absolute Gasteiger partial charge is 0.338 e. The van der Waals surface area contributed by atoms with Crippen LogP contribution in [0.2, 0.25) is 0 Å². The molecule has 30 heavy (non-hydrogen) atoms. The Labute approximate surface area is 174 Å². The summed E-state index contributed by atoms with van der Waals surface area (Å²) in [7, 11) is 0. The van der Waals surface area contributed by atoms with E-state index in [1.165, 1.54) is 6.21 Å². The quantitative estimate of drug-likeness (QED) is 0.342. The molecule has 1 aromatic heterocycles. The van der Waals surface area contributed by atoms with Crippen LogP contribution >= 0.6 is 0 Å². The molecule has 0 unspecified atom stereocenters.